The number of carbonyl (C=O) groups excluding carboxylic acids is 3. The van der Waals surface area contributed by atoms with E-state index in [9.17, 15) is 29.4 Å². The number of hydrogen-bond donors (Lipinski definition) is 5. The van der Waals surface area contributed by atoms with Gasteiger partial charge >= 0.3 is 13.1 Å². The van der Waals surface area contributed by atoms with Crippen LogP contribution in [0.5, 0.6) is 11.5 Å². The van der Waals surface area contributed by atoms with Gasteiger partial charge in [-0.05, 0) is 31.3 Å². The molecule has 0 aliphatic carbocycles. The molecule has 1 saturated heterocycles. The van der Waals surface area contributed by atoms with Crippen LogP contribution in [0.2, 0.25) is 6.32 Å². The molecule has 0 aromatic heterocycles. The number of ketones is 2. The minimum Gasteiger partial charge on any atom is -0.507 e. The number of nitrogens with zero attached hydrogens (tertiary/aromatic N) is 1. The van der Waals surface area contributed by atoms with Gasteiger partial charge < -0.3 is 35.6 Å². The lowest BCUT2D eigenvalue weighted by molar-refractivity contribution is -0.145. The lowest BCUT2D eigenvalue weighted by atomic mass is 9.82. The Balaban J connectivity index is 1.95. The van der Waals surface area contributed by atoms with E-state index in [4.69, 9.17) is 20.5 Å². The number of phenols is 1. The molecule has 2 atom stereocenters. The second kappa shape index (κ2) is 11.3. The predicted octanol–water partition coefficient (Wildman–Crippen LogP) is -0.403. The quantitative estimate of drug-likeness (QED) is 0.255. The van der Waals surface area contributed by atoms with E-state index in [1.165, 1.54) is 24.0 Å². The zero-order valence-electron chi connectivity index (χ0n) is 18.6. The molecular weight excluding hydrogens is 435 g/mol. The van der Waals surface area contributed by atoms with Gasteiger partial charge in [-0.3, -0.25) is 14.4 Å². The van der Waals surface area contributed by atoms with Gasteiger partial charge in [-0.25, -0.2) is 4.79 Å². The number of aryl methyl sites for hydroxylation is 1. The van der Waals surface area contributed by atoms with E-state index >= 15 is 0 Å². The molecule has 1 aliphatic heterocycles. The Kier molecular flexibility index (Phi) is 8.97. The van der Waals surface area contributed by atoms with Gasteiger partial charge in [0.05, 0.1) is 19.1 Å². The van der Waals surface area contributed by atoms with Crippen molar-refractivity contribution in [1.29, 1.82) is 0 Å². The topological polar surface area (TPSA) is 188 Å². The van der Waals surface area contributed by atoms with Gasteiger partial charge in [0.1, 0.15) is 28.9 Å². The number of amides is 1. The molecular formula is C21H29BN2O9. The van der Waals surface area contributed by atoms with Gasteiger partial charge in [0.25, 0.3) is 0 Å². The van der Waals surface area contributed by atoms with Crippen LogP contribution >= 0.6 is 0 Å². The number of nitrogens with two attached hydrogens (primary N) is 1. The summed E-state index contributed by atoms with van der Waals surface area (Å²) in [4.78, 5) is 48.8. The van der Waals surface area contributed by atoms with Crippen molar-refractivity contribution in [3.8, 4) is 11.5 Å². The summed E-state index contributed by atoms with van der Waals surface area (Å²) in [7, 11) is -1.59. The normalized spacial score (nSPS) is 15.4. The largest absolute Gasteiger partial charge is 0.507 e. The third-order valence-corrected chi connectivity index (χ3v) is 5.41. The lowest BCUT2D eigenvalue weighted by Gasteiger charge is -2.40. The molecule has 1 fully saturated rings. The van der Waals surface area contributed by atoms with E-state index in [-0.39, 0.29) is 67.5 Å². The number of ether oxygens (including phenoxy) is 1. The Bertz CT molecular complexity index is 915. The minimum atomic E-state index is -1.59. The monoisotopic (exact) mass is 464 g/mol. The molecule has 2 rings (SSSR count). The van der Waals surface area contributed by atoms with Gasteiger partial charge in [-0.2, -0.15) is 0 Å². The summed E-state index contributed by atoms with van der Waals surface area (Å²) < 4.78 is 5.67. The first-order valence-electron chi connectivity index (χ1n) is 10.6. The predicted molar refractivity (Wildman–Crippen MR) is 117 cm³/mol. The van der Waals surface area contributed by atoms with E-state index in [1.807, 2.05) is 0 Å². The van der Waals surface area contributed by atoms with Crippen LogP contribution in [0, 0.1) is 5.92 Å². The van der Waals surface area contributed by atoms with Crippen molar-refractivity contribution >= 4 is 30.6 Å². The number of aromatic hydroxyl groups is 1. The van der Waals surface area contributed by atoms with Crippen molar-refractivity contribution in [2.75, 3.05) is 13.1 Å². The molecule has 1 aliphatic rings. The lowest BCUT2D eigenvalue weighted by Crippen LogP contribution is -2.57. The summed E-state index contributed by atoms with van der Waals surface area (Å²) in [6.07, 6.45) is -0.678. The highest BCUT2D eigenvalue weighted by Crippen LogP contribution is 2.34. The van der Waals surface area contributed by atoms with Crippen LogP contribution < -0.4 is 10.5 Å². The zero-order valence-corrected chi connectivity index (χ0v) is 18.6. The first kappa shape index (κ1) is 26.3. The fraction of sp³-hybridized carbons (Fsp3) is 0.524. The molecule has 1 amide bonds. The molecule has 33 heavy (non-hydrogen) atoms. The molecule has 0 spiro atoms. The summed E-state index contributed by atoms with van der Waals surface area (Å²) >= 11 is 0. The fourth-order valence-electron chi connectivity index (χ4n) is 3.55. The Morgan fingerprint density at radius 3 is 2.39 bits per heavy atom. The number of hydrogen-bond acceptors (Lipinski definition) is 9. The molecule has 0 unspecified atom stereocenters. The number of Topliss-reactive ketones (excluding diaryl/α,β-unsaturated/α-hetero) is 2. The van der Waals surface area contributed by atoms with Crippen molar-refractivity contribution in [1.82, 2.24) is 4.90 Å². The van der Waals surface area contributed by atoms with Crippen LogP contribution in [0.25, 0.3) is 0 Å². The van der Waals surface area contributed by atoms with Crippen LogP contribution in [0.1, 0.15) is 42.6 Å². The Morgan fingerprint density at radius 1 is 1.21 bits per heavy atom. The molecule has 12 heteroatoms. The van der Waals surface area contributed by atoms with Crippen LogP contribution in [-0.4, -0.2) is 81.0 Å². The molecule has 1 aromatic carbocycles. The van der Waals surface area contributed by atoms with Crippen molar-refractivity contribution in [2.45, 2.75) is 51.6 Å². The van der Waals surface area contributed by atoms with E-state index in [2.05, 4.69) is 0 Å². The van der Waals surface area contributed by atoms with E-state index in [0.29, 0.717) is 0 Å². The highest BCUT2D eigenvalue weighted by Gasteiger charge is 2.36. The van der Waals surface area contributed by atoms with Crippen LogP contribution in [0.15, 0.2) is 12.1 Å². The first-order chi connectivity index (χ1) is 15.4. The highest BCUT2D eigenvalue weighted by molar-refractivity contribution is 6.41. The average molecular weight is 464 g/mol. The Labute approximate surface area is 191 Å². The number of rotatable bonds is 12. The third kappa shape index (κ3) is 7.01. The number of likely N-dealkylation sites (tertiary alicyclic amines) is 1. The number of carboxylic acid groups (broad SMARTS) is 1. The van der Waals surface area contributed by atoms with Crippen molar-refractivity contribution in [3.05, 3.63) is 23.3 Å². The number of aromatic carboxylic acids is 1. The molecule has 1 heterocycles. The maximum atomic E-state index is 12.5. The van der Waals surface area contributed by atoms with E-state index in [0.717, 1.165) is 0 Å². The number of carboxylic acids is 1. The SMILES string of the molecule is CC(=O)C[C@@H](N)C(=O)C[C@H](C)C(=O)N1CC(Oc2ccc(CCB(O)O)c(O)c2C(=O)O)C1. The summed E-state index contributed by atoms with van der Waals surface area (Å²) in [6, 6.07) is 1.89. The standard InChI is InChI=1S/C21H29BN2O9/c1-11(7-16(26)15(23)8-12(2)25)20(28)24-9-14(10-24)33-17-4-3-13(5-6-22(31)32)19(27)18(17)21(29)30/h3-4,11,14-15,27,31-32H,5-10,23H2,1-2H3,(H,29,30)/t11-,15+/m0/s1. The van der Waals surface area contributed by atoms with E-state index < -0.39 is 42.5 Å². The van der Waals surface area contributed by atoms with Crippen molar-refractivity contribution < 1.29 is 44.2 Å². The summed E-state index contributed by atoms with van der Waals surface area (Å²) in [5.41, 5.74) is 5.48. The second-order valence-corrected chi connectivity index (χ2v) is 8.34. The van der Waals surface area contributed by atoms with Crippen LogP contribution in [0.3, 0.4) is 0 Å². The van der Waals surface area contributed by atoms with Gasteiger partial charge in [0, 0.05) is 18.8 Å². The smallest absolute Gasteiger partial charge is 0.451 e. The van der Waals surface area contributed by atoms with E-state index in [1.54, 1.807) is 6.92 Å². The number of carbonyl (C=O) groups is 4. The zero-order chi connectivity index (χ0) is 24.9. The summed E-state index contributed by atoms with van der Waals surface area (Å²) in [5, 5.41) is 37.7. The maximum Gasteiger partial charge on any atom is 0.451 e. The van der Waals surface area contributed by atoms with Gasteiger partial charge in [0.15, 0.2) is 5.78 Å². The average Bonchev–Trinajstić information content (AvgIpc) is 2.67. The van der Waals surface area contributed by atoms with Gasteiger partial charge in [-0.15, -0.1) is 0 Å². The molecule has 11 nitrogen and oxygen atoms in total. The Hall–Kier alpha value is -2.96. The van der Waals surface area contributed by atoms with Gasteiger partial charge in [0.2, 0.25) is 5.91 Å². The molecule has 6 N–H and O–H groups in total. The highest BCUT2D eigenvalue weighted by atomic mass is 16.5. The maximum absolute atomic E-state index is 12.5. The second-order valence-electron chi connectivity index (χ2n) is 8.34. The van der Waals surface area contributed by atoms with Gasteiger partial charge in [-0.1, -0.05) is 13.0 Å². The third-order valence-electron chi connectivity index (χ3n) is 5.41. The summed E-state index contributed by atoms with van der Waals surface area (Å²) in [5.74, 6) is -3.47. The fourth-order valence-corrected chi connectivity index (χ4v) is 3.55. The van der Waals surface area contributed by atoms with Crippen molar-refractivity contribution in [2.24, 2.45) is 11.7 Å². The van der Waals surface area contributed by atoms with Crippen LogP contribution in [-0.2, 0) is 20.8 Å². The Morgan fingerprint density at radius 2 is 1.85 bits per heavy atom. The molecule has 1 aromatic rings. The molecule has 0 radical (unpaired) electrons. The minimum absolute atomic E-state index is 0.0580. The first-order valence-corrected chi connectivity index (χ1v) is 10.6. The molecule has 180 valence electrons. The summed E-state index contributed by atoms with van der Waals surface area (Å²) in [6.45, 7) is 3.28. The molecule has 0 bridgehead atoms. The van der Waals surface area contributed by atoms with Crippen LogP contribution in [0.4, 0.5) is 0 Å². The van der Waals surface area contributed by atoms with Crippen molar-refractivity contribution in [3.63, 3.8) is 0 Å². The number of benzene rings is 1. The molecule has 0 saturated carbocycles.